The Labute approximate surface area is 142 Å². The lowest BCUT2D eigenvalue weighted by molar-refractivity contribution is 0.334. The number of rotatable bonds is 3. The van der Waals surface area contributed by atoms with Gasteiger partial charge >= 0.3 is 0 Å². The van der Waals surface area contributed by atoms with Gasteiger partial charge in [-0.15, -0.1) is 0 Å². The Kier molecular flexibility index (Phi) is 4.08. The molecule has 5 nitrogen and oxygen atoms in total. The first-order valence-corrected chi connectivity index (χ1v) is 8.96. The molecule has 0 unspecified atom stereocenters. The molecule has 0 radical (unpaired) electrons. The summed E-state index contributed by atoms with van der Waals surface area (Å²) in [6, 6.07) is 6.04. The topological polar surface area (TPSA) is 51.0 Å². The Morgan fingerprint density at radius 1 is 1.21 bits per heavy atom. The van der Waals surface area contributed by atoms with Gasteiger partial charge in [-0.05, 0) is 62.6 Å². The van der Waals surface area contributed by atoms with Gasteiger partial charge in [0.25, 0.3) is 5.56 Å². The van der Waals surface area contributed by atoms with Gasteiger partial charge in [-0.3, -0.25) is 9.78 Å². The van der Waals surface area contributed by atoms with Crippen LogP contribution in [0.3, 0.4) is 0 Å². The molecule has 3 heterocycles. The van der Waals surface area contributed by atoms with Gasteiger partial charge in [-0.25, -0.2) is 4.68 Å². The predicted octanol–water partition coefficient (Wildman–Crippen LogP) is 2.35. The second-order valence-electron chi connectivity index (χ2n) is 7.08. The van der Waals surface area contributed by atoms with Crippen LogP contribution in [0.1, 0.15) is 36.2 Å². The van der Waals surface area contributed by atoms with Crippen molar-refractivity contribution < 1.29 is 0 Å². The number of fused-ring (bicyclic) bond motifs is 1. The number of aryl methyl sites for hydroxylation is 3. The molecule has 1 fully saturated rings. The van der Waals surface area contributed by atoms with Gasteiger partial charge in [-0.1, -0.05) is 0 Å². The lowest BCUT2D eigenvalue weighted by Crippen LogP contribution is -2.37. The van der Waals surface area contributed by atoms with Crippen molar-refractivity contribution in [1.29, 1.82) is 0 Å². The molecule has 0 saturated carbocycles. The highest BCUT2D eigenvalue weighted by Gasteiger charge is 2.22. The van der Waals surface area contributed by atoms with Crippen molar-refractivity contribution in [3.63, 3.8) is 0 Å². The SMILES string of the molecule is Cc1cc(N2CCC(Cn3nc4c(cc3=O)CCC4)CC2)ccn1. The fourth-order valence-electron chi connectivity index (χ4n) is 3.92. The van der Waals surface area contributed by atoms with Gasteiger partial charge in [0.05, 0.1) is 5.69 Å². The Morgan fingerprint density at radius 3 is 2.83 bits per heavy atom. The summed E-state index contributed by atoms with van der Waals surface area (Å²) >= 11 is 0. The highest BCUT2D eigenvalue weighted by atomic mass is 16.1. The minimum absolute atomic E-state index is 0.0721. The summed E-state index contributed by atoms with van der Waals surface area (Å²) in [6.45, 7) is 4.86. The van der Waals surface area contributed by atoms with E-state index >= 15 is 0 Å². The van der Waals surface area contributed by atoms with Crippen LogP contribution in [0.2, 0.25) is 0 Å². The zero-order valence-corrected chi connectivity index (χ0v) is 14.2. The minimum atomic E-state index is 0.0721. The van der Waals surface area contributed by atoms with E-state index in [2.05, 4.69) is 27.1 Å². The molecule has 0 amide bonds. The average molecular weight is 324 g/mol. The minimum Gasteiger partial charge on any atom is -0.371 e. The highest BCUT2D eigenvalue weighted by Crippen LogP contribution is 2.24. The fourth-order valence-corrected chi connectivity index (χ4v) is 3.92. The molecule has 4 rings (SSSR count). The third-order valence-corrected chi connectivity index (χ3v) is 5.31. The molecule has 0 aromatic carbocycles. The molecule has 2 aromatic heterocycles. The number of hydrogen-bond acceptors (Lipinski definition) is 4. The van der Waals surface area contributed by atoms with Crippen LogP contribution in [0.4, 0.5) is 5.69 Å². The Morgan fingerprint density at radius 2 is 2.04 bits per heavy atom. The third kappa shape index (κ3) is 3.07. The van der Waals surface area contributed by atoms with Crippen LogP contribution in [-0.4, -0.2) is 27.9 Å². The van der Waals surface area contributed by atoms with E-state index in [4.69, 9.17) is 0 Å². The van der Waals surface area contributed by atoms with Crippen molar-refractivity contribution in [3.8, 4) is 0 Å². The van der Waals surface area contributed by atoms with Gasteiger partial charge in [0.15, 0.2) is 0 Å². The zero-order valence-electron chi connectivity index (χ0n) is 14.2. The quantitative estimate of drug-likeness (QED) is 0.870. The fraction of sp³-hybridized carbons (Fsp3) is 0.526. The maximum atomic E-state index is 12.3. The molecular weight excluding hydrogens is 300 g/mol. The van der Waals surface area contributed by atoms with Gasteiger partial charge in [0.1, 0.15) is 0 Å². The highest BCUT2D eigenvalue weighted by molar-refractivity contribution is 5.46. The molecule has 2 aromatic rings. The number of pyridine rings is 1. The average Bonchev–Trinajstić information content (AvgIpc) is 3.03. The van der Waals surface area contributed by atoms with E-state index in [0.29, 0.717) is 5.92 Å². The van der Waals surface area contributed by atoms with Gasteiger partial charge < -0.3 is 4.90 Å². The van der Waals surface area contributed by atoms with Crippen LogP contribution in [0.15, 0.2) is 29.2 Å². The smallest absolute Gasteiger partial charge is 0.267 e. The molecule has 1 aliphatic carbocycles. The first-order chi connectivity index (χ1) is 11.7. The molecule has 1 saturated heterocycles. The van der Waals surface area contributed by atoms with Gasteiger partial charge in [0, 0.05) is 43.3 Å². The van der Waals surface area contributed by atoms with E-state index in [1.165, 1.54) is 11.3 Å². The lowest BCUT2D eigenvalue weighted by Gasteiger charge is -2.33. The van der Waals surface area contributed by atoms with E-state index in [9.17, 15) is 4.79 Å². The molecule has 5 heteroatoms. The summed E-state index contributed by atoms with van der Waals surface area (Å²) < 4.78 is 1.71. The first kappa shape index (κ1) is 15.4. The Balaban J connectivity index is 1.41. The number of aromatic nitrogens is 3. The second kappa shape index (κ2) is 6.38. The van der Waals surface area contributed by atoms with Crippen LogP contribution >= 0.6 is 0 Å². The summed E-state index contributed by atoms with van der Waals surface area (Å²) in [5.74, 6) is 0.536. The van der Waals surface area contributed by atoms with Crippen molar-refractivity contribution >= 4 is 5.69 Å². The molecule has 24 heavy (non-hydrogen) atoms. The van der Waals surface area contributed by atoms with Gasteiger partial charge in [0.2, 0.25) is 0 Å². The molecular formula is C19H24N4O. The molecule has 0 N–H and O–H groups in total. The number of nitrogens with zero attached hydrogens (tertiary/aromatic N) is 4. The standard InChI is InChI=1S/C19H24N4O/c1-14-11-17(5-8-20-14)22-9-6-15(7-10-22)13-23-19(24)12-16-3-2-4-18(16)21-23/h5,8,11-12,15H,2-4,6-7,9-10,13H2,1H3. The predicted molar refractivity (Wildman–Crippen MR) is 94.4 cm³/mol. The number of hydrogen-bond donors (Lipinski definition) is 0. The summed E-state index contributed by atoms with van der Waals surface area (Å²) in [5, 5.41) is 4.62. The van der Waals surface area contributed by atoms with E-state index < -0.39 is 0 Å². The van der Waals surface area contributed by atoms with E-state index in [-0.39, 0.29) is 5.56 Å². The lowest BCUT2D eigenvalue weighted by atomic mass is 9.96. The summed E-state index contributed by atoms with van der Waals surface area (Å²) in [4.78, 5) is 19.0. The molecule has 1 aliphatic heterocycles. The van der Waals surface area contributed by atoms with Crippen molar-refractivity contribution in [1.82, 2.24) is 14.8 Å². The maximum absolute atomic E-state index is 12.3. The van der Waals surface area contributed by atoms with Crippen molar-refractivity contribution in [2.24, 2.45) is 5.92 Å². The first-order valence-electron chi connectivity index (χ1n) is 8.96. The molecule has 2 aliphatic rings. The van der Waals surface area contributed by atoms with Crippen LogP contribution in [0.5, 0.6) is 0 Å². The van der Waals surface area contributed by atoms with E-state index in [1.807, 2.05) is 19.2 Å². The van der Waals surface area contributed by atoms with Crippen LogP contribution in [0.25, 0.3) is 0 Å². The molecule has 126 valence electrons. The monoisotopic (exact) mass is 324 g/mol. The Hall–Kier alpha value is -2.17. The largest absolute Gasteiger partial charge is 0.371 e. The summed E-state index contributed by atoms with van der Waals surface area (Å²) in [5.41, 5.74) is 4.69. The van der Waals surface area contributed by atoms with E-state index in [0.717, 1.165) is 63.1 Å². The third-order valence-electron chi connectivity index (χ3n) is 5.31. The van der Waals surface area contributed by atoms with Crippen LogP contribution < -0.4 is 10.5 Å². The Bertz CT molecular complexity index is 790. The zero-order chi connectivity index (χ0) is 16.5. The molecule has 0 spiro atoms. The van der Waals surface area contributed by atoms with Crippen LogP contribution in [0, 0.1) is 12.8 Å². The van der Waals surface area contributed by atoms with Crippen LogP contribution in [-0.2, 0) is 19.4 Å². The van der Waals surface area contributed by atoms with E-state index in [1.54, 1.807) is 4.68 Å². The summed E-state index contributed by atoms with van der Waals surface area (Å²) in [7, 11) is 0. The second-order valence-corrected chi connectivity index (χ2v) is 7.08. The normalized spacial score (nSPS) is 18.0. The van der Waals surface area contributed by atoms with Crippen molar-refractivity contribution in [2.75, 3.05) is 18.0 Å². The number of piperidine rings is 1. The maximum Gasteiger partial charge on any atom is 0.267 e. The van der Waals surface area contributed by atoms with Crippen molar-refractivity contribution in [2.45, 2.75) is 45.6 Å². The summed E-state index contributed by atoms with van der Waals surface area (Å²) in [6.07, 6.45) is 7.26. The van der Waals surface area contributed by atoms with Gasteiger partial charge in [-0.2, -0.15) is 5.10 Å². The molecule has 0 bridgehead atoms. The molecule has 0 atom stereocenters. The number of anilines is 1. The van der Waals surface area contributed by atoms with Crippen molar-refractivity contribution in [3.05, 3.63) is 51.7 Å².